The van der Waals surface area contributed by atoms with Gasteiger partial charge >= 0.3 is 0 Å². The molecule has 1 aromatic carbocycles. The van der Waals surface area contributed by atoms with Gasteiger partial charge in [0.1, 0.15) is 0 Å². The molecule has 5 heteroatoms. The van der Waals surface area contributed by atoms with Gasteiger partial charge in [-0.2, -0.15) is 0 Å². The van der Waals surface area contributed by atoms with Gasteiger partial charge in [-0.25, -0.2) is 0 Å². The number of hydrogen-bond donors (Lipinski definition) is 2. The van der Waals surface area contributed by atoms with Gasteiger partial charge in [-0.1, -0.05) is 0 Å². The van der Waals surface area contributed by atoms with Crippen LogP contribution in [0.5, 0.6) is 0 Å². The highest BCUT2D eigenvalue weighted by molar-refractivity contribution is 5.48. The summed E-state index contributed by atoms with van der Waals surface area (Å²) < 4.78 is 0. The quantitative estimate of drug-likeness (QED) is 0.606. The van der Waals surface area contributed by atoms with Gasteiger partial charge in [0, 0.05) is 30.4 Å². The van der Waals surface area contributed by atoms with Crippen LogP contribution in [0.15, 0.2) is 24.3 Å². The molecule has 0 saturated carbocycles. The zero-order valence-electron chi connectivity index (χ0n) is 9.69. The molecule has 0 bridgehead atoms. The van der Waals surface area contributed by atoms with Crippen molar-refractivity contribution in [1.82, 2.24) is 5.32 Å². The topological polar surface area (TPSA) is 67.2 Å². The third kappa shape index (κ3) is 3.42. The van der Waals surface area contributed by atoms with Crippen LogP contribution in [0, 0.1) is 10.1 Å². The number of non-ortho nitro benzene ring substituents is 1. The van der Waals surface area contributed by atoms with Gasteiger partial charge in [0.25, 0.3) is 5.69 Å². The Kier molecular flexibility index (Phi) is 3.93. The fourth-order valence-corrected chi connectivity index (χ4v) is 2.09. The van der Waals surface area contributed by atoms with Crippen LogP contribution in [0.2, 0.25) is 0 Å². The Morgan fingerprint density at radius 3 is 2.76 bits per heavy atom. The Balaban J connectivity index is 1.76. The number of anilines is 1. The molecule has 0 aliphatic carbocycles. The first-order chi connectivity index (χ1) is 8.25. The molecule has 2 rings (SSSR count). The monoisotopic (exact) mass is 235 g/mol. The predicted octanol–water partition coefficient (Wildman–Crippen LogP) is 2.15. The SMILES string of the molecule is O=[N+]([O-])c1ccc(NCCC2CCCN2)cc1. The third-order valence-corrected chi connectivity index (χ3v) is 3.06. The smallest absolute Gasteiger partial charge is 0.269 e. The van der Waals surface area contributed by atoms with Crippen molar-refractivity contribution in [2.45, 2.75) is 25.3 Å². The van der Waals surface area contributed by atoms with Crippen molar-refractivity contribution in [1.29, 1.82) is 0 Å². The molecule has 1 unspecified atom stereocenters. The van der Waals surface area contributed by atoms with Crippen molar-refractivity contribution in [3.8, 4) is 0 Å². The third-order valence-electron chi connectivity index (χ3n) is 3.06. The Hall–Kier alpha value is -1.62. The van der Waals surface area contributed by atoms with E-state index in [1.54, 1.807) is 12.1 Å². The average molecular weight is 235 g/mol. The predicted molar refractivity (Wildman–Crippen MR) is 67.2 cm³/mol. The molecular formula is C12H17N3O2. The molecule has 0 aromatic heterocycles. The number of benzene rings is 1. The summed E-state index contributed by atoms with van der Waals surface area (Å²) in [5, 5.41) is 17.2. The van der Waals surface area contributed by atoms with Crippen LogP contribution in [0.4, 0.5) is 11.4 Å². The Labute approximate surface area is 100 Å². The summed E-state index contributed by atoms with van der Waals surface area (Å²) in [6, 6.07) is 7.17. The van der Waals surface area contributed by atoms with Gasteiger partial charge in [-0.3, -0.25) is 10.1 Å². The molecule has 1 saturated heterocycles. The molecule has 1 aromatic rings. The summed E-state index contributed by atoms with van der Waals surface area (Å²) in [6.07, 6.45) is 3.61. The van der Waals surface area contributed by atoms with E-state index in [1.165, 1.54) is 25.0 Å². The highest BCUT2D eigenvalue weighted by Gasteiger charge is 2.12. The van der Waals surface area contributed by atoms with Gasteiger partial charge in [-0.15, -0.1) is 0 Å². The first-order valence-electron chi connectivity index (χ1n) is 5.97. The number of rotatable bonds is 5. The van der Waals surface area contributed by atoms with E-state index in [9.17, 15) is 10.1 Å². The van der Waals surface area contributed by atoms with E-state index >= 15 is 0 Å². The lowest BCUT2D eigenvalue weighted by molar-refractivity contribution is -0.384. The first kappa shape index (κ1) is 11.9. The van der Waals surface area contributed by atoms with Gasteiger partial charge < -0.3 is 10.6 Å². The lowest BCUT2D eigenvalue weighted by atomic mass is 10.1. The minimum absolute atomic E-state index is 0.132. The molecule has 0 spiro atoms. The van der Waals surface area contributed by atoms with E-state index in [1.807, 2.05) is 0 Å². The fourth-order valence-electron chi connectivity index (χ4n) is 2.09. The van der Waals surface area contributed by atoms with Crippen molar-refractivity contribution in [3.05, 3.63) is 34.4 Å². The van der Waals surface area contributed by atoms with Gasteiger partial charge in [-0.05, 0) is 37.9 Å². The summed E-state index contributed by atoms with van der Waals surface area (Å²) in [5.41, 5.74) is 1.07. The van der Waals surface area contributed by atoms with Crippen LogP contribution in [0.1, 0.15) is 19.3 Å². The van der Waals surface area contributed by atoms with Crippen LogP contribution in [-0.4, -0.2) is 24.1 Å². The Bertz CT molecular complexity index is 372. The minimum atomic E-state index is -0.383. The standard InChI is InChI=1S/C12H17N3O2/c16-15(17)12-5-3-11(4-6-12)14-9-7-10-2-1-8-13-10/h3-6,10,13-14H,1-2,7-9H2. The van der Waals surface area contributed by atoms with E-state index in [-0.39, 0.29) is 10.6 Å². The first-order valence-corrected chi connectivity index (χ1v) is 5.97. The minimum Gasteiger partial charge on any atom is -0.385 e. The second-order valence-electron chi connectivity index (χ2n) is 4.31. The molecular weight excluding hydrogens is 218 g/mol. The molecule has 0 amide bonds. The van der Waals surface area contributed by atoms with Gasteiger partial charge in [0.2, 0.25) is 0 Å². The van der Waals surface area contributed by atoms with Crippen LogP contribution < -0.4 is 10.6 Å². The van der Waals surface area contributed by atoms with Gasteiger partial charge in [0.05, 0.1) is 4.92 Å². The number of hydrogen-bond acceptors (Lipinski definition) is 4. The molecule has 1 aliphatic heterocycles. The lowest BCUT2D eigenvalue weighted by Crippen LogP contribution is -2.24. The van der Waals surface area contributed by atoms with Crippen LogP contribution in [0.3, 0.4) is 0 Å². The maximum absolute atomic E-state index is 10.5. The fraction of sp³-hybridized carbons (Fsp3) is 0.500. The molecule has 1 atom stereocenters. The Morgan fingerprint density at radius 2 is 2.18 bits per heavy atom. The number of nitro benzene ring substituents is 1. The molecule has 1 fully saturated rings. The lowest BCUT2D eigenvalue weighted by Gasteiger charge is -2.11. The second-order valence-corrected chi connectivity index (χ2v) is 4.31. The van der Waals surface area contributed by atoms with E-state index in [0.717, 1.165) is 25.2 Å². The van der Waals surface area contributed by atoms with E-state index in [4.69, 9.17) is 0 Å². The molecule has 17 heavy (non-hydrogen) atoms. The van der Waals surface area contributed by atoms with Crippen LogP contribution >= 0.6 is 0 Å². The number of nitrogens with one attached hydrogen (secondary N) is 2. The maximum Gasteiger partial charge on any atom is 0.269 e. The number of nitro groups is 1. The second kappa shape index (κ2) is 5.63. The van der Waals surface area contributed by atoms with Gasteiger partial charge in [0.15, 0.2) is 0 Å². The van der Waals surface area contributed by atoms with Crippen LogP contribution in [0.25, 0.3) is 0 Å². The highest BCUT2D eigenvalue weighted by Crippen LogP contribution is 2.16. The van der Waals surface area contributed by atoms with Crippen molar-refractivity contribution >= 4 is 11.4 Å². The van der Waals surface area contributed by atoms with E-state index in [2.05, 4.69) is 10.6 Å². The number of nitrogens with zero attached hydrogens (tertiary/aromatic N) is 1. The summed E-state index contributed by atoms with van der Waals surface area (Å²) in [5.74, 6) is 0. The zero-order chi connectivity index (χ0) is 12.1. The molecule has 1 aliphatic rings. The van der Waals surface area contributed by atoms with Crippen molar-refractivity contribution in [3.63, 3.8) is 0 Å². The largest absolute Gasteiger partial charge is 0.385 e. The summed E-state index contributed by atoms with van der Waals surface area (Å²) in [6.45, 7) is 2.03. The molecule has 5 nitrogen and oxygen atoms in total. The molecule has 92 valence electrons. The highest BCUT2D eigenvalue weighted by atomic mass is 16.6. The Morgan fingerprint density at radius 1 is 1.41 bits per heavy atom. The van der Waals surface area contributed by atoms with E-state index < -0.39 is 0 Å². The maximum atomic E-state index is 10.5. The normalized spacial score (nSPS) is 19.2. The van der Waals surface area contributed by atoms with Crippen molar-refractivity contribution < 1.29 is 4.92 Å². The van der Waals surface area contributed by atoms with Crippen molar-refractivity contribution in [2.75, 3.05) is 18.4 Å². The van der Waals surface area contributed by atoms with Crippen LogP contribution in [-0.2, 0) is 0 Å². The molecule has 0 radical (unpaired) electrons. The van der Waals surface area contributed by atoms with Crippen molar-refractivity contribution in [2.24, 2.45) is 0 Å². The molecule has 1 heterocycles. The molecule has 2 N–H and O–H groups in total. The summed E-state index contributed by atoms with van der Waals surface area (Å²) >= 11 is 0. The van der Waals surface area contributed by atoms with E-state index in [0.29, 0.717) is 6.04 Å². The summed E-state index contributed by atoms with van der Waals surface area (Å²) in [4.78, 5) is 10.1. The summed E-state index contributed by atoms with van der Waals surface area (Å²) in [7, 11) is 0. The average Bonchev–Trinajstić information content (AvgIpc) is 2.83. The zero-order valence-corrected chi connectivity index (χ0v) is 9.69.